The summed E-state index contributed by atoms with van der Waals surface area (Å²) >= 11 is 0. The van der Waals surface area contributed by atoms with Crippen LogP contribution in [0, 0.1) is 5.41 Å². The van der Waals surface area contributed by atoms with Crippen LogP contribution in [0.3, 0.4) is 0 Å². The monoisotopic (exact) mass is 293 g/mol. The molecule has 1 atom stereocenters. The third-order valence-electron chi connectivity index (χ3n) is 3.43. The molecule has 0 bridgehead atoms. The molecule has 114 valence electrons. The summed E-state index contributed by atoms with van der Waals surface area (Å²) in [5.41, 5.74) is 0.731. The number of amidine groups is 1. The lowest BCUT2D eigenvalue weighted by Gasteiger charge is -2.23. The van der Waals surface area contributed by atoms with Crippen LogP contribution in [0.15, 0.2) is 12.1 Å². The Morgan fingerprint density at radius 3 is 2.19 bits per heavy atom. The lowest BCUT2D eigenvalue weighted by Crippen LogP contribution is -2.29. The number of rotatable bonds is 5. The van der Waals surface area contributed by atoms with E-state index < -0.39 is 6.04 Å². The first-order valence-electron chi connectivity index (χ1n) is 6.53. The predicted molar refractivity (Wildman–Crippen MR) is 77.5 cm³/mol. The molecule has 0 spiro atoms. The Balaban J connectivity index is 2.53. The molecule has 2 rings (SSSR count). The summed E-state index contributed by atoms with van der Waals surface area (Å²) in [7, 11) is 4.59. The summed E-state index contributed by atoms with van der Waals surface area (Å²) in [5.74, 6) is 1.61. The largest absolute Gasteiger partial charge is 0.493 e. The van der Waals surface area contributed by atoms with Crippen LogP contribution >= 0.6 is 0 Å². The maximum Gasteiger partial charge on any atom is 0.323 e. The van der Waals surface area contributed by atoms with Crippen LogP contribution in [-0.2, 0) is 0 Å². The van der Waals surface area contributed by atoms with Crippen molar-refractivity contribution in [2.45, 2.75) is 13.0 Å². The molecule has 7 heteroatoms. The molecular weight excluding hydrogens is 274 g/mol. The van der Waals surface area contributed by atoms with Crippen molar-refractivity contribution in [1.29, 1.82) is 5.41 Å². The molecule has 1 aromatic rings. The van der Waals surface area contributed by atoms with E-state index >= 15 is 0 Å². The molecular formula is C14H19N3O4. The lowest BCUT2D eigenvalue weighted by molar-refractivity contribution is 0.208. The molecule has 21 heavy (non-hydrogen) atoms. The normalized spacial score (nSPS) is 17.7. The standard InChI is InChI=1S/C14H19N3O4/c1-5-17-11(13(15)16-14(17)18)8-6-9(19-2)12(21-4)10(7-8)20-3/h6-7,11H,5H2,1-4H3,(H2,15,16,18). The third-order valence-corrected chi connectivity index (χ3v) is 3.43. The van der Waals surface area contributed by atoms with Gasteiger partial charge in [0, 0.05) is 6.54 Å². The predicted octanol–water partition coefficient (Wildman–Crippen LogP) is 1.78. The Bertz CT molecular complexity index is 548. The number of nitrogens with one attached hydrogen (secondary N) is 2. The maximum absolute atomic E-state index is 11.8. The molecule has 1 aliphatic heterocycles. The minimum absolute atomic E-state index is 0.135. The third kappa shape index (κ3) is 2.46. The van der Waals surface area contributed by atoms with Gasteiger partial charge in [0.1, 0.15) is 11.9 Å². The number of ether oxygens (including phenoxy) is 3. The Hall–Kier alpha value is -2.44. The van der Waals surface area contributed by atoms with Gasteiger partial charge >= 0.3 is 6.03 Å². The zero-order valence-corrected chi connectivity index (χ0v) is 12.5. The summed E-state index contributed by atoms with van der Waals surface area (Å²) in [6, 6.07) is 2.75. The minimum atomic E-state index is -0.476. The van der Waals surface area contributed by atoms with Crippen molar-refractivity contribution in [3.8, 4) is 17.2 Å². The number of carbonyl (C=O) groups is 1. The average Bonchev–Trinajstić information content (AvgIpc) is 2.79. The van der Waals surface area contributed by atoms with E-state index in [1.165, 1.54) is 21.3 Å². The van der Waals surface area contributed by atoms with Gasteiger partial charge in [-0.25, -0.2) is 4.79 Å². The lowest BCUT2D eigenvalue weighted by atomic mass is 10.0. The molecule has 1 aliphatic rings. The Kier molecular flexibility index (Phi) is 4.21. The molecule has 1 fully saturated rings. The fraction of sp³-hybridized carbons (Fsp3) is 0.429. The van der Waals surface area contributed by atoms with E-state index in [0.717, 1.165) is 5.56 Å². The molecule has 2 amide bonds. The van der Waals surface area contributed by atoms with Crippen molar-refractivity contribution in [3.63, 3.8) is 0 Å². The number of urea groups is 1. The van der Waals surface area contributed by atoms with Crippen molar-refractivity contribution in [3.05, 3.63) is 17.7 Å². The molecule has 2 N–H and O–H groups in total. The molecule has 1 unspecified atom stereocenters. The number of benzene rings is 1. The Morgan fingerprint density at radius 1 is 1.19 bits per heavy atom. The van der Waals surface area contributed by atoms with Gasteiger partial charge in [0.05, 0.1) is 21.3 Å². The quantitative estimate of drug-likeness (QED) is 0.866. The number of nitrogens with zero attached hydrogens (tertiary/aromatic N) is 1. The maximum atomic E-state index is 11.8. The first kappa shape index (κ1) is 15.0. The number of amides is 2. The molecule has 0 saturated carbocycles. The summed E-state index contributed by atoms with van der Waals surface area (Å²) in [5, 5.41) is 10.5. The van der Waals surface area contributed by atoms with Gasteiger partial charge in [0.25, 0.3) is 0 Å². The second kappa shape index (κ2) is 5.90. The summed E-state index contributed by atoms with van der Waals surface area (Å²) < 4.78 is 15.9. The van der Waals surface area contributed by atoms with E-state index in [-0.39, 0.29) is 11.9 Å². The molecule has 1 saturated heterocycles. The Labute approximate surface area is 123 Å². The van der Waals surface area contributed by atoms with Gasteiger partial charge in [0.2, 0.25) is 5.75 Å². The fourth-order valence-corrected chi connectivity index (χ4v) is 2.46. The zero-order valence-electron chi connectivity index (χ0n) is 12.5. The van der Waals surface area contributed by atoms with Gasteiger partial charge in [-0.3, -0.25) is 10.7 Å². The van der Waals surface area contributed by atoms with E-state index in [0.29, 0.717) is 23.8 Å². The van der Waals surface area contributed by atoms with E-state index in [4.69, 9.17) is 19.6 Å². The van der Waals surface area contributed by atoms with E-state index in [9.17, 15) is 4.79 Å². The molecule has 0 aliphatic carbocycles. The van der Waals surface area contributed by atoms with Crippen LogP contribution in [0.5, 0.6) is 17.2 Å². The van der Waals surface area contributed by atoms with Crippen molar-refractivity contribution in [2.75, 3.05) is 27.9 Å². The number of hydrogen-bond acceptors (Lipinski definition) is 5. The fourth-order valence-electron chi connectivity index (χ4n) is 2.46. The van der Waals surface area contributed by atoms with Crippen molar-refractivity contribution >= 4 is 11.9 Å². The van der Waals surface area contributed by atoms with Gasteiger partial charge < -0.3 is 19.1 Å². The average molecular weight is 293 g/mol. The molecule has 7 nitrogen and oxygen atoms in total. The summed E-state index contributed by atoms with van der Waals surface area (Å²) in [6.45, 7) is 2.36. The van der Waals surface area contributed by atoms with Crippen molar-refractivity contribution < 1.29 is 19.0 Å². The first-order valence-corrected chi connectivity index (χ1v) is 6.53. The van der Waals surface area contributed by atoms with E-state index in [1.54, 1.807) is 17.0 Å². The molecule has 0 aromatic heterocycles. The van der Waals surface area contributed by atoms with Crippen LogP contribution in [0.25, 0.3) is 0 Å². The van der Waals surface area contributed by atoms with E-state index in [1.807, 2.05) is 6.92 Å². The van der Waals surface area contributed by atoms with Crippen LogP contribution in [0.4, 0.5) is 4.79 Å². The van der Waals surface area contributed by atoms with Crippen LogP contribution in [-0.4, -0.2) is 44.6 Å². The second-order valence-electron chi connectivity index (χ2n) is 4.49. The molecule has 1 aromatic carbocycles. The van der Waals surface area contributed by atoms with Crippen molar-refractivity contribution in [2.24, 2.45) is 0 Å². The number of hydrogen-bond donors (Lipinski definition) is 2. The molecule has 0 radical (unpaired) electrons. The Morgan fingerprint density at radius 2 is 1.76 bits per heavy atom. The van der Waals surface area contributed by atoms with Crippen LogP contribution in [0.2, 0.25) is 0 Å². The van der Waals surface area contributed by atoms with E-state index in [2.05, 4.69) is 5.32 Å². The number of carbonyl (C=O) groups excluding carboxylic acids is 1. The van der Waals surface area contributed by atoms with Crippen LogP contribution < -0.4 is 19.5 Å². The van der Waals surface area contributed by atoms with Gasteiger partial charge in [-0.15, -0.1) is 0 Å². The van der Waals surface area contributed by atoms with Crippen LogP contribution in [0.1, 0.15) is 18.5 Å². The van der Waals surface area contributed by atoms with Gasteiger partial charge in [-0.2, -0.15) is 0 Å². The minimum Gasteiger partial charge on any atom is -0.493 e. The van der Waals surface area contributed by atoms with Gasteiger partial charge in [0.15, 0.2) is 11.5 Å². The molecule has 1 heterocycles. The summed E-state index contributed by atoms with van der Waals surface area (Å²) in [6.07, 6.45) is 0. The highest BCUT2D eigenvalue weighted by Gasteiger charge is 2.36. The van der Waals surface area contributed by atoms with Gasteiger partial charge in [-0.1, -0.05) is 0 Å². The van der Waals surface area contributed by atoms with Crippen molar-refractivity contribution in [1.82, 2.24) is 10.2 Å². The van der Waals surface area contributed by atoms with Gasteiger partial charge in [-0.05, 0) is 24.6 Å². The number of methoxy groups -OCH3 is 3. The highest BCUT2D eigenvalue weighted by Crippen LogP contribution is 2.41. The zero-order chi connectivity index (χ0) is 15.6. The SMILES string of the molecule is CCN1C(=O)NC(=N)C1c1cc(OC)c(OC)c(OC)c1. The number of likely N-dealkylation sites (N-methyl/N-ethyl adjacent to an activating group) is 1. The highest BCUT2D eigenvalue weighted by molar-refractivity contribution is 6.06. The topological polar surface area (TPSA) is 83.9 Å². The second-order valence-corrected chi connectivity index (χ2v) is 4.49. The first-order chi connectivity index (χ1) is 10.1. The summed E-state index contributed by atoms with van der Waals surface area (Å²) in [4.78, 5) is 13.4. The smallest absolute Gasteiger partial charge is 0.323 e. The highest BCUT2D eigenvalue weighted by atomic mass is 16.5.